The van der Waals surface area contributed by atoms with Crippen LogP contribution in [0.15, 0.2) is 46.9 Å². The molecule has 0 aliphatic carbocycles. The molecule has 0 aliphatic rings. The van der Waals surface area contributed by atoms with E-state index in [1.165, 1.54) is 11.1 Å². The number of aryl methyl sites for hydroxylation is 1. The van der Waals surface area contributed by atoms with Gasteiger partial charge in [0.05, 0.1) is 0 Å². The lowest BCUT2D eigenvalue weighted by molar-refractivity contribution is 0.619. The number of aromatic nitrogens is 1. The summed E-state index contributed by atoms with van der Waals surface area (Å²) in [7, 11) is 0. The van der Waals surface area contributed by atoms with Crippen molar-refractivity contribution in [3.63, 3.8) is 0 Å². The molecule has 0 unspecified atom stereocenters. The standard InChI is InChI=1S/C17H18N2O/c1-3-18-11-13-7-8-16-15(10-13)19-17(20-16)14-6-4-5-12(2)9-14/h4-10,18H,3,11H2,1-2H3. The Morgan fingerprint density at radius 3 is 2.85 bits per heavy atom. The molecule has 102 valence electrons. The van der Waals surface area contributed by atoms with E-state index in [4.69, 9.17) is 4.42 Å². The molecule has 1 N–H and O–H groups in total. The van der Waals surface area contributed by atoms with E-state index in [1.807, 2.05) is 18.2 Å². The Morgan fingerprint density at radius 1 is 1.15 bits per heavy atom. The summed E-state index contributed by atoms with van der Waals surface area (Å²) < 4.78 is 5.84. The fourth-order valence-corrected chi connectivity index (χ4v) is 2.25. The normalized spacial score (nSPS) is 11.1. The maximum absolute atomic E-state index is 5.84. The van der Waals surface area contributed by atoms with Crippen LogP contribution in [0.2, 0.25) is 0 Å². The van der Waals surface area contributed by atoms with Gasteiger partial charge in [-0.1, -0.05) is 30.7 Å². The number of fused-ring (bicyclic) bond motifs is 1. The Morgan fingerprint density at radius 2 is 2.05 bits per heavy atom. The summed E-state index contributed by atoms with van der Waals surface area (Å²) in [6.07, 6.45) is 0. The second kappa shape index (κ2) is 5.47. The van der Waals surface area contributed by atoms with Gasteiger partial charge in [0.1, 0.15) is 5.52 Å². The Balaban J connectivity index is 1.98. The predicted octanol–water partition coefficient (Wildman–Crippen LogP) is 3.91. The zero-order chi connectivity index (χ0) is 13.9. The fraction of sp³-hybridized carbons (Fsp3) is 0.235. The van der Waals surface area contributed by atoms with Gasteiger partial charge in [-0.25, -0.2) is 4.98 Å². The first kappa shape index (κ1) is 12.9. The lowest BCUT2D eigenvalue weighted by Gasteiger charge is -2.00. The molecule has 1 aromatic heterocycles. The van der Waals surface area contributed by atoms with E-state index in [-0.39, 0.29) is 0 Å². The average Bonchev–Trinajstić information content (AvgIpc) is 2.88. The van der Waals surface area contributed by atoms with Crippen molar-refractivity contribution < 1.29 is 4.42 Å². The van der Waals surface area contributed by atoms with E-state index < -0.39 is 0 Å². The SMILES string of the molecule is CCNCc1ccc2oc(-c3cccc(C)c3)nc2c1. The Labute approximate surface area is 118 Å². The molecule has 0 spiro atoms. The van der Waals surface area contributed by atoms with Crippen molar-refractivity contribution in [3.8, 4) is 11.5 Å². The first-order valence-corrected chi connectivity index (χ1v) is 6.93. The minimum atomic E-state index is 0.685. The maximum atomic E-state index is 5.84. The molecule has 0 aliphatic heterocycles. The van der Waals surface area contributed by atoms with Crippen LogP contribution in [-0.2, 0) is 6.54 Å². The number of benzene rings is 2. The number of nitrogens with zero attached hydrogens (tertiary/aromatic N) is 1. The van der Waals surface area contributed by atoms with Gasteiger partial charge < -0.3 is 9.73 Å². The van der Waals surface area contributed by atoms with Gasteiger partial charge in [-0.15, -0.1) is 0 Å². The summed E-state index contributed by atoms with van der Waals surface area (Å²) in [6.45, 7) is 6.00. The summed E-state index contributed by atoms with van der Waals surface area (Å²) >= 11 is 0. The minimum absolute atomic E-state index is 0.685. The lowest BCUT2D eigenvalue weighted by Crippen LogP contribution is -2.11. The summed E-state index contributed by atoms with van der Waals surface area (Å²) in [6, 6.07) is 14.4. The Bertz CT molecular complexity index is 731. The van der Waals surface area contributed by atoms with E-state index in [9.17, 15) is 0 Å². The molecule has 20 heavy (non-hydrogen) atoms. The molecule has 0 saturated carbocycles. The highest BCUT2D eigenvalue weighted by Gasteiger charge is 2.08. The van der Waals surface area contributed by atoms with Crippen molar-refractivity contribution >= 4 is 11.1 Å². The maximum Gasteiger partial charge on any atom is 0.227 e. The van der Waals surface area contributed by atoms with Gasteiger partial charge >= 0.3 is 0 Å². The number of hydrogen-bond acceptors (Lipinski definition) is 3. The van der Waals surface area contributed by atoms with Crippen molar-refractivity contribution in [2.45, 2.75) is 20.4 Å². The summed E-state index contributed by atoms with van der Waals surface area (Å²) in [5.74, 6) is 0.685. The molecular weight excluding hydrogens is 248 g/mol. The molecule has 3 aromatic rings. The molecule has 0 atom stereocenters. The van der Waals surface area contributed by atoms with E-state index in [0.29, 0.717) is 5.89 Å². The van der Waals surface area contributed by atoms with Crippen LogP contribution in [0.1, 0.15) is 18.1 Å². The van der Waals surface area contributed by atoms with Crippen molar-refractivity contribution in [1.29, 1.82) is 0 Å². The number of oxazole rings is 1. The Kier molecular flexibility index (Phi) is 3.52. The van der Waals surface area contributed by atoms with Crippen LogP contribution in [0.25, 0.3) is 22.6 Å². The largest absolute Gasteiger partial charge is 0.436 e. The molecule has 3 rings (SSSR count). The highest BCUT2D eigenvalue weighted by Crippen LogP contribution is 2.25. The van der Waals surface area contributed by atoms with Gasteiger partial charge in [-0.05, 0) is 43.3 Å². The molecule has 3 heteroatoms. The van der Waals surface area contributed by atoms with Crippen LogP contribution in [0.3, 0.4) is 0 Å². The number of rotatable bonds is 4. The van der Waals surface area contributed by atoms with Crippen LogP contribution in [-0.4, -0.2) is 11.5 Å². The van der Waals surface area contributed by atoms with Crippen molar-refractivity contribution in [1.82, 2.24) is 10.3 Å². The highest BCUT2D eigenvalue weighted by atomic mass is 16.3. The highest BCUT2D eigenvalue weighted by molar-refractivity contribution is 5.77. The second-order valence-corrected chi connectivity index (χ2v) is 4.97. The van der Waals surface area contributed by atoms with Crippen LogP contribution >= 0.6 is 0 Å². The van der Waals surface area contributed by atoms with Gasteiger partial charge in [-0.3, -0.25) is 0 Å². The molecule has 0 amide bonds. The molecule has 1 heterocycles. The van der Waals surface area contributed by atoms with Gasteiger partial charge in [0, 0.05) is 12.1 Å². The van der Waals surface area contributed by atoms with Gasteiger partial charge in [0.25, 0.3) is 0 Å². The average molecular weight is 266 g/mol. The van der Waals surface area contributed by atoms with E-state index in [0.717, 1.165) is 29.8 Å². The number of nitrogens with one attached hydrogen (secondary N) is 1. The molecular formula is C17H18N2O. The molecule has 0 fully saturated rings. The van der Waals surface area contributed by atoms with E-state index >= 15 is 0 Å². The fourth-order valence-electron chi connectivity index (χ4n) is 2.25. The summed E-state index contributed by atoms with van der Waals surface area (Å²) in [4.78, 5) is 4.60. The molecule has 0 saturated heterocycles. The quantitative estimate of drug-likeness (QED) is 0.778. The van der Waals surface area contributed by atoms with Gasteiger partial charge in [0.2, 0.25) is 5.89 Å². The Hall–Kier alpha value is -2.13. The van der Waals surface area contributed by atoms with E-state index in [2.05, 4.69) is 48.4 Å². The third kappa shape index (κ3) is 2.58. The van der Waals surface area contributed by atoms with Crippen molar-refractivity contribution in [2.24, 2.45) is 0 Å². The van der Waals surface area contributed by atoms with Gasteiger partial charge in [0.15, 0.2) is 5.58 Å². The van der Waals surface area contributed by atoms with E-state index in [1.54, 1.807) is 0 Å². The first-order valence-electron chi connectivity index (χ1n) is 6.93. The topological polar surface area (TPSA) is 38.1 Å². The van der Waals surface area contributed by atoms with Crippen LogP contribution in [0.5, 0.6) is 0 Å². The van der Waals surface area contributed by atoms with Crippen LogP contribution in [0.4, 0.5) is 0 Å². The predicted molar refractivity (Wildman–Crippen MR) is 81.6 cm³/mol. The lowest BCUT2D eigenvalue weighted by atomic mass is 10.1. The molecule has 0 bridgehead atoms. The minimum Gasteiger partial charge on any atom is -0.436 e. The zero-order valence-electron chi connectivity index (χ0n) is 11.8. The molecule has 2 aromatic carbocycles. The summed E-state index contributed by atoms with van der Waals surface area (Å²) in [5, 5.41) is 3.32. The smallest absolute Gasteiger partial charge is 0.227 e. The second-order valence-electron chi connectivity index (χ2n) is 4.97. The first-order chi connectivity index (χ1) is 9.76. The van der Waals surface area contributed by atoms with Crippen molar-refractivity contribution in [2.75, 3.05) is 6.54 Å². The van der Waals surface area contributed by atoms with Crippen LogP contribution in [0, 0.1) is 6.92 Å². The van der Waals surface area contributed by atoms with Gasteiger partial charge in [-0.2, -0.15) is 0 Å². The van der Waals surface area contributed by atoms with Crippen molar-refractivity contribution in [3.05, 3.63) is 53.6 Å². The number of hydrogen-bond donors (Lipinski definition) is 1. The zero-order valence-corrected chi connectivity index (χ0v) is 11.8. The third-order valence-electron chi connectivity index (χ3n) is 3.30. The summed E-state index contributed by atoms with van der Waals surface area (Å²) in [5.41, 5.74) is 5.20. The van der Waals surface area contributed by atoms with Crippen LogP contribution < -0.4 is 5.32 Å². The molecule has 3 nitrogen and oxygen atoms in total. The molecule has 0 radical (unpaired) electrons. The third-order valence-corrected chi connectivity index (χ3v) is 3.30. The monoisotopic (exact) mass is 266 g/mol.